The molecule has 2 rings (SSSR count). The van der Waals surface area contributed by atoms with Crippen LogP contribution in [0.2, 0.25) is 0 Å². The maximum absolute atomic E-state index is 5.72. The van der Waals surface area contributed by atoms with E-state index < -0.39 is 0 Å². The Morgan fingerprint density at radius 3 is 2.93 bits per heavy atom. The van der Waals surface area contributed by atoms with Crippen LogP contribution in [0.3, 0.4) is 0 Å². The summed E-state index contributed by atoms with van der Waals surface area (Å²) in [5.41, 5.74) is 7.76. The lowest BCUT2D eigenvalue weighted by Gasteiger charge is -2.17. The van der Waals surface area contributed by atoms with Crippen molar-refractivity contribution in [3.8, 4) is 0 Å². The van der Waals surface area contributed by atoms with Crippen LogP contribution in [0.25, 0.3) is 0 Å². The first-order chi connectivity index (χ1) is 7.27. The van der Waals surface area contributed by atoms with Gasteiger partial charge in [-0.2, -0.15) is 5.10 Å². The van der Waals surface area contributed by atoms with Gasteiger partial charge in [-0.1, -0.05) is 6.07 Å². The minimum atomic E-state index is 0.585. The van der Waals surface area contributed by atoms with E-state index in [0.717, 1.165) is 17.8 Å². The van der Waals surface area contributed by atoms with E-state index >= 15 is 0 Å². The van der Waals surface area contributed by atoms with Gasteiger partial charge in [0.15, 0.2) is 0 Å². The van der Waals surface area contributed by atoms with Gasteiger partial charge in [-0.25, -0.2) is 0 Å². The van der Waals surface area contributed by atoms with Gasteiger partial charge >= 0.3 is 0 Å². The molecular weight excluding hydrogens is 190 g/mol. The lowest BCUT2D eigenvalue weighted by Crippen LogP contribution is -2.17. The van der Waals surface area contributed by atoms with Crippen LogP contribution in [0.4, 0.5) is 11.5 Å². The molecule has 0 atom stereocenters. The fraction of sp³-hybridized carbons (Fsp3) is 0.200. The van der Waals surface area contributed by atoms with Crippen molar-refractivity contribution in [2.24, 2.45) is 0 Å². The molecule has 3 N–H and O–H groups in total. The molecule has 0 radical (unpaired) electrons. The Morgan fingerprint density at radius 2 is 2.33 bits per heavy atom. The number of rotatable bonds is 3. The first kappa shape index (κ1) is 9.51. The third-order valence-electron chi connectivity index (χ3n) is 2.20. The van der Waals surface area contributed by atoms with E-state index in [9.17, 15) is 0 Å². The number of aromatic amines is 1. The Bertz CT molecular complexity index is 422. The first-order valence-electron chi connectivity index (χ1n) is 4.66. The molecule has 0 amide bonds. The van der Waals surface area contributed by atoms with Gasteiger partial charge in [-0.05, 0) is 11.6 Å². The van der Waals surface area contributed by atoms with E-state index in [1.165, 1.54) is 0 Å². The molecule has 0 aliphatic rings. The van der Waals surface area contributed by atoms with E-state index in [0.29, 0.717) is 5.82 Å². The second kappa shape index (κ2) is 4.00. The highest BCUT2D eigenvalue weighted by Gasteiger charge is 2.07. The molecule has 5 nitrogen and oxygen atoms in total. The summed E-state index contributed by atoms with van der Waals surface area (Å²) >= 11 is 0. The molecule has 0 aliphatic heterocycles. The smallest absolute Gasteiger partial charge is 0.142 e. The molecule has 0 aromatic carbocycles. The standard InChI is InChI=1S/C10H13N5/c1-15(9-6-13-14-10(9)11)7-8-3-2-4-12-5-8/h2-6H,7H2,1H3,(H3,11,13,14). The molecule has 2 aromatic rings. The SMILES string of the molecule is CN(Cc1cccnc1)c1cn[nH]c1N. The number of nitrogens with zero attached hydrogens (tertiary/aromatic N) is 3. The molecule has 78 valence electrons. The highest BCUT2D eigenvalue weighted by atomic mass is 15.2. The Morgan fingerprint density at radius 1 is 1.47 bits per heavy atom. The molecule has 0 bridgehead atoms. The summed E-state index contributed by atoms with van der Waals surface area (Å²) in [4.78, 5) is 6.08. The zero-order valence-corrected chi connectivity index (χ0v) is 8.51. The summed E-state index contributed by atoms with van der Waals surface area (Å²) < 4.78 is 0. The van der Waals surface area contributed by atoms with E-state index in [1.807, 2.05) is 30.3 Å². The zero-order valence-electron chi connectivity index (χ0n) is 8.51. The van der Waals surface area contributed by atoms with Crippen molar-refractivity contribution in [1.82, 2.24) is 15.2 Å². The molecule has 0 aliphatic carbocycles. The van der Waals surface area contributed by atoms with E-state index in [2.05, 4.69) is 15.2 Å². The Kier molecular flexibility index (Phi) is 2.53. The second-order valence-electron chi connectivity index (χ2n) is 3.39. The van der Waals surface area contributed by atoms with Gasteiger partial charge in [0.25, 0.3) is 0 Å². The Balaban J connectivity index is 2.11. The molecule has 2 heterocycles. The third kappa shape index (κ3) is 2.07. The van der Waals surface area contributed by atoms with Gasteiger partial charge in [-0.15, -0.1) is 0 Å². The van der Waals surface area contributed by atoms with Gasteiger partial charge in [0.1, 0.15) is 5.82 Å². The van der Waals surface area contributed by atoms with E-state index in [-0.39, 0.29) is 0 Å². The van der Waals surface area contributed by atoms with Crippen molar-refractivity contribution in [1.29, 1.82) is 0 Å². The predicted molar refractivity (Wildman–Crippen MR) is 59.3 cm³/mol. The minimum Gasteiger partial charge on any atom is -0.382 e. The van der Waals surface area contributed by atoms with Crippen LogP contribution in [-0.2, 0) is 6.54 Å². The second-order valence-corrected chi connectivity index (χ2v) is 3.39. The fourth-order valence-corrected chi connectivity index (χ4v) is 1.44. The molecule has 0 fully saturated rings. The Hall–Kier alpha value is -2.04. The van der Waals surface area contributed by atoms with Gasteiger partial charge in [0, 0.05) is 26.0 Å². The molecule has 0 saturated heterocycles. The minimum absolute atomic E-state index is 0.585. The van der Waals surface area contributed by atoms with Crippen molar-refractivity contribution < 1.29 is 0 Å². The van der Waals surface area contributed by atoms with Crippen molar-refractivity contribution in [3.05, 3.63) is 36.3 Å². The third-order valence-corrected chi connectivity index (χ3v) is 2.20. The van der Waals surface area contributed by atoms with Gasteiger partial charge < -0.3 is 10.6 Å². The normalized spacial score (nSPS) is 10.2. The molecule has 5 heteroatoms. The number of hydrogen-bond donors (Lipinski definition) is 2. The summed E-state index contributed by atoms with van der Waals surface area (Å²) in [5, 5.41) is 6.58. The highest BCUT2D eigenvalue weighted by molar-refractivity contribution is 5.61. The summed E-state index contributed by atoms with van der Waals surface area (Å²) in [5.74, 6) is 0.585. The maximum Gasteiger partial charge on any atom is 0.142 e. The number of nitrogens with two attached hydrogens (primary N) is 1. The van der Waals surface area contributed by atoms with Crippen LogP contribution < -0.4 is 10.6 Å². The van der Waals surface area contributed by atoms with Crippen molar-refractivity contribution in [3.63, 3.8) is 0 Å². The molecule has 2 aromatic heterocycles. The molecule has 0 saturated carbocycles. The number of nitrogen functional groups attached to an aromatic ring is 1. The van der Waals surface area contributed by atoms with Crippen LogP contribution in [0.15, 0.2) is 30.7 Å². The number of pyridine rings is 1. The summed E-state index contributed by atoms with van der Waals surface area (Å²) in [6.45, 7) is 0.761. The van der Waals surface area contributed by atoms with Crippen molar-refractivity contribution in [2.75, 3.05) is 17.7 Å². The quantitative estimate of drug-likeness (QED) is 0.781. The zero-order chi connectivity index (χ0) is 10.7. The number of nitrogens with one attached hydrogen (secondary N) is 1. The van der Waals surface area contributed by atoms with Crippen LogP contribution in [0, 0.1) is 0 Å². The van der Waals surface area contributed by atoms with Crippen LogP contribution in [0.1, 0.15) is 5.56 Å². The highest BCUT2D eigenvalue weighted by Crippen LogP contribution is 2.19. The number of H-pyrrole nitrogens is 1. The largest absolute Gasteiger partial charge is 0.382 e. The lowest BCUT2D eigenvalue weighted by molar-refractivity contribution is 0.917. The van der Waals surface area contributed by atoms with Crippen molar-refractivity contribution >= 4 is 11.5 Å². The molecular formula is C10H13N5. The maximum atomic E-state index is 5.72. The fourth-order valence-electron chi connectivity index (χ4n) is 1.44. The summed E-state index contributed by atoms with van der Waals surface area (Å²) in [7, 11) is 1.97. The van der Waals surface area contributed by atoms with E-state index in [1.54, 1.807) is 12.4 Å². The number of aromatic nitrogens is 3. The monoisotopic (exact) mass is 203 g/mol. The summed E-state index contributed by atoms with van der Waals surface area (Å²) in [6.07, 6.45) is 5.31. The van der Waals surface area contributed by atoms with Gasteiger partial charge in [0.2, 0.25) is 0 Å². The van der Waals surface area contributed by atoms with Crippen LogP contribution in [0.5, 0.6) is 0 Å². The van der Waals surface area contributed by atoms with Crippen LogP contribution in [-0.4, -0.2) is 22.2 Å². The molecule has 0 spiro atoms. The topological polar surface area (TPSA) is 70.8 Å². The summed E-state index contributed by atoms with van der Waals surface area (Å²) in [6, 6.07) is 3.95. The van der Waals surface area contributed by atoms with Gasteiger partial charge in [-0.3, -0.25) is 10.1 Å². The van der Waals surface area contributed by atoms with Crippen LogP contribution >= 0.6 is 0 Å². The average molecular weight is 203 g/mol. The number of anilines is 2. The molecule has 15 heavy (non-hydrogen) atoms. The number of hydrogen-bond acceptors (Lipinski definition) is 4. The lowest BCUT2D eigenvalue weighted by atomic mass is 10.2. The Labute approximate surface area is 87.9 Å². The molecule has 0 unspecified atom stereocenters. The van der Waals surface area contributed by atoms with Crippen molar-refractivity contribution in [2.45, 2.75) is 6.54 Å². The van der Waals surface area contributed by atoms with Gasteiger partial charge in [0.05, 0.1) is 11.9 Å². The van der Waals surface area contributed by atoms with E-state index in [4.69, 9.17) is 5.73 Å². The average Bonchev–Trinajstić information content (AvgIpc) is 2.66. The predicted octanol–water partition coefficient (Wildman–Crippen LogP) is 1.02. The first-order valence-corrected chi connectivity index (χ1v) is 4.66.